The predicted molar refractivity (Wildman–Crippen MR) is 69.6 cm³/mol. The Labute approximate surface area is 107 Å². The molecule has 1 aliphatic carbocycles. The quantitative estimate of drug-likeness (QED) is 0.876. The van der Waals surface area contributed by atoms with Gasteiger partial charge in [0.25, 0.3) is 0 Å². The molecule has 1 aromatic heterocycles. The summed E-state index contributed by atoms with van der Waals surface area (Å²) in [7, 11) is 1.88. The third kappa shape index (κ3) is 2.71. The highest BCUT2D eigenvalue weighted by atomic mass is 16.5. The van der Waals surface area contributed by atoms with E-state index in [2.05, 4.69) is 16.5 Å². The van der Waals surface area contributed by atoms with Gasteiger partial charge in [-0.2, -0.15) is 5.10 Å². The van der Waals surface area contributed by atoms with Crippen LogP contribution in [0.2, 0.25) is 0 Å². The van der Waals surface area contributed by atoms with Crippen molar-refractivity contribution in [1.29, 1.82) is 0 Å². The maximum Gasteiger partial charge on any atom is 0.165 e. The zero-order valence-electron chi connectivity index (χ0n) is 10.5. The standard InChI is InChI=1S/C14H17N3O/c1-17-10-13(9-16-17)18-14-5-3-2-4-11(14)8-15-12-6-7-12/h2-5,9-10,12,15H,6-8H2,1H3. The molecule has 0 amide bonds. The van der Waals surface area contributed by atoms with E-state index < -0.39 is 0 Å². The van der Waals surface area contributed by atoms with Crippen LogP contribution in [0, 0.1) is 0 Å². The molecule has 94 valence electrons. The highest BCUT2D eigenvalue weighted by Crippen LogP contribution is 2.26. The summed E-state index contributed by atoms with van der Waals surface area (Å²) in [5.74, 6) is 1.68. The Morgan fingerprint density at radius 2 is 2.22 bits per heavy atom. The van der Waals surface area contributed by atoms with Gasteiger partial charge in [0, 0.05) is 25.2 Å². The minimum atomic E-state index is 0.705. The van der Waals surface area contributed by atoms with Gasteiger partial charge in [-0.15, -0.1) is 0 Å². The second-order valence-electron chi connectivity index (χ2n) is 4.71. The van der Waals surface area contributed by atoms with E-state index in [0.717, 1.165) is 18.0 Å². The van der Waals surface area contributed by atoms with Crippen LogP contribution in [0.15, 0.2) is 36.7 Å². The van der Waals surface area contributed by atoms with Gasteiger partial charge < -0.3 is 10.1 Å². The van der Waals surface area contributed by atoms with Crippen LogP contribution in [0.3, 0.4) is 0 Å². The van der Waals surface area contributed by atoms with Crippen molar-refractivity contribution in [2.24, 2.45) is 7.05 Å². The Balaban J connectivity index is 1.73. The molecular formula is C14H17N3O. The molecule has 0 aliphatic heterocycles. The molecule has 0 saturated heterocycles. The zero-order chi connectivity index (χ0) is 12.4. The molecule has 4 heteroatoms. The summed E-state index contributed by atoms with van der Waals surface area (Å²) in [6, 6.07) is 8.83. The van der Waals surface area contributed by atoms with E-state index in [0.29, 0.717) is 6.04 Å². The summed E-state index contributed by atoms with van der Waals surface area (Å²) < 4.78 is 7.60. The van der Waals surface area contributed by atoms with Gasteiger partial charge in [0.15, 0.2) is 5.75 Å². The van der Waals surface area contributed by atoms with Crippen LogP contribution in [0.5, 0.6) is 11.5 Å². The van der Waals surface area contributed by atoms with Crippen molar-refractivity contribution in [3.05, 3.63) is 42.2 Å². The number of aryl methyl sites for hydroxylation is 1. The molecule has 0 radical (unpaired) electrons. The SMILES string of the molecule is Cn1cc(Oc2ccccc2CNC2CC2)cn1. The fourth-order valence-electron chi connectivity index (χ4n) is 1.87. The minimum Gasteiger partial charge on any atom is -0.454 e. The fraction of sp³-hybridized carbons (Fsp3) is 0.357. The molecule has 0 bridgehead atoms. The number of para-hydroxylation sites is 1. The Bertz CT molecular complexity index is 531. The molecule has 1 N–H and O–H groups in total. The topological polar surface area (TPSA) is 39.1 Å². The average molecular weight is 243 g/mol. The van der Waals surface area contributed by atoms with Crippen molar-refractivity contribution >= 4 is 0 Å². The van der Waals surface area contributed by atoms with Gasteiger partial charge in [0.2, 0.25) is 0 Å². The smallest absolute Gasteiger partial charge is 0.165 e. The molecule has 2 aromatic rings. The number of benzene rings is 1. The van der Waals surface area contributed by atoms with Crippen molar-refractivity contribution in [1.82, 2.24) is 15.1 Å². The molecule has 1 aliphatic rings. The molecule has 1 saturated carbocycles. The van der Waals surface area contributed by atoms with E-state index in [4.69, 9.17) is 4.74 Å². The van der Waals surface area contributed by atoms with Gasteiger partial charge in [0.1, 0.15) is 5.75 Å². The van der Waals surface area contributed by atoms with E-state index in [-0.39, 0.29) is 0 Å². The van der Waals surface area contributed by atoms with Crippen molar-refractivity contribution in [3.8, 4) is 11.5 Å². The molecule has 0 unspecified atom stereocenters. The molecular weight excluding hydrogens is 226 g/mol. The summed E-state index contributed by atoms with van der Waals surface area (Å²) in [6.45, 7) is 0.862. The largest absolute Gasteiger partial charge is 0.454 e. The molecule has 1 heterocycles. The van der Waals surface area contributed by atoms with Gasteiger partial charge in [-0.3, -0.25) is 4.68 Å². The summed E-state index contributed by atoms with van der Waals surface area (Å²) >= 11 is 0. The Kier molecular flexibility index (Phi) is 3.02. The molecule has 0 atom stereocenters. The van der Waals surface area contributed by atoms with Gasteiger partial charge in [-0.05, 0) is 18.9 Å². The molecule has 0 spiro atoms. The number of nitrogens with zero attached hydrogens (tertiary/aromatic N) is 2. The third-order valence-corrected chi connectivity index (χ3v) is 3.04. The van der Waals surface area contributed by atoms with Gasteiger partial charge >= 0.3 is 0 Å². The second kappa shape index (κ2) is 4.82. The number of nitrogens with one attached hydrogen (secondary N) is 1. The zero-order valence-corrected chi connectivity index (χ0v) is 10.5. The van der Waals surface area contributed by atoms with Crippen molar-refractivity contribution in [3.63, 3.8) is 0 Å². The van der Waals surface area contributed by atoms with E-state index in [9.17, 15) is 0 Å². The van der Waals surface area contributed by atoms with Crippen LogP contribution in [0.1, 0.15) is 18.4 Å². The summed E-state index contributed by atoms with van der Waals surface area (Å²) in [5, 5.41) is 7.61. The van der Waals surface area contributed by atoms with E-state index >= 15 is 0 Å². The van der Waals surface area contributed by atoms with E-state index in [1.807, 2.05) is 31.4 Å². The van der Waals surface area contributed by atoms with Crippen LogP contribution in [-0.4, -0.2) is 15.8 Å². The first-order valence-corrected chi connectivity index (χ1v) is 6.29. The highest BCUT2D eigenvalue weighted by Gasteiger charge is 2.20. The average Bonchev–Trinajstić information content (AvgIpc) is 3.12. The molecule has 1 fully saturated rings. The Morgan fingerprint density at radius 1 is 1.39 bits per heavy atom. The first kappa shape index (κ1) is 11.3. The molecule has 3 rings (SSSR count). The maximum absolute atomic E-state index is 5.86. The van der Waals surface area contributed by atoms with Crippen LogP contribution in [-0.2, 0) is 13.6 Å². The highest BCUT2D eigenvalue weighted by molar-refractivity contribution is 5.36. The summed E-state index contributed by atoms with van der Waals surface area (Å²) in [5.41, 5.74) is 1.19. The lowest BCUT2D eigenvalue weighted by Gasteiger charge is -2.10. The number of rotatable bonds is 5. The van der Waals surface area contributed by atoms with Crippen molar-refractivity contribution in [2.75, 3.05) is 0 Å². The molecule has 4 nitrogen and oxygen atoms in total. The van der Waals surface area contributed by atoms with Crippen LogP contribution in [0.4, 0.5) is 0 Å². The van der Waals surface area contributed by atoms with Crippen LogP contribution in [0.25, 0.3) is 0 Å². The van der Waals surface area contributed by atoms with Gasteiger partial charge in [0.05, 0.1) is 12.4 Å². The van der Waals surface area contributed by atoms with E-state index in [1.165, 1.54) is 18.4 Å². The van der Waals surface area contributed by atoms with E-state index in [1.54, 1.807) is 10.9 Å². The lowest BCUT2D eigenvalue weighted by molar-refractivity contribution is 0.472. The maximum atomic E-state index is 5.86. The number of hydrogen-bond acceptors (Lipinski definition) is 3. The lowest BCUT2D eigenvalue weighted by Crippen LogP contribution is -2.15. The Hall–Kier alpha value is -1.81. The first-order chi connectivity index (χ1) is 8.81. The number of hydrogen-bond donors (Lipinski definition) is 1. The fourth-order valence-corrected chi connectivity index (χ4v) is 1.87. The molecule has 1 aromatic carbocycles. The van der Waals surface area contributed by atoms with Crippen LogP contribution < -0.4 is 10.1 Å². The number of aromatic nitrogens is 2. The van der Waals surface area contributed by atoms with Gasteiger partial charge in [-0.1, -0.05) is 18.2 Å². The van der Waals surface area contributed by atoms with Crippen molar-refractivity contribution in [2.45, 2.75) is 25.4 Å². The van der Waals surface area contributed by atoms with Crippen molar-refractivity contribution < 1.29 is 4.74 Å². The normalized spacial score (nSPS) is 14.7. The second-order valence-corrected chi connectivity index (χ2v) is 4.71. The molecule has 18 heavy (non-hydrogen) atoms. The van der Waals surface area contributed by atoms with Crippen LogP contribution >= 0.6 is 0 Å². The first-order valence-electron chi connectivity index (χ1n) is 6.29. The minimum absolute atomic E-state index is 0.705. The summed E-state index contributed by atoms with van der Waals surface area (Å²) in [4.78, 5) is 0. The lowest BCUT2D eigenvalue weighted by atomic mass is 10.2. The summed E-state index contributed by atoms with van der Waals surface area (Å²) in [6.07, 6.45) is 6.19. The third-order valence-electron chi connectivity index (χ3n) is 3.04. The predicted octanol–water partition coefficient (Wildman–Crippen LogP) is 2.46. The monoisotopic (exact) mass is 243 g/mol. The number of ether oxygens (including phenoxy) is 1. The van der Waals surface area contributed by atoms with Gasteiger partial charge in [-0.25, -0.2) is 0 Å². The Morgan fingerprint density at radius 3 is 2.94 bits per heavy atom.